The van der Waals surface area contributed by atoms with E-state index in [-0.39, 0.29) is 11.9 Å². The van der Waals surface area contributed by atoms with Gasteiger partial charge in [0.2, 0.25) is 0 Å². The summed E-state index contributed by atoms with van der Waals surface area (Å²) in [7, 11) is 0. The average Bonchev–Trinajstić information content (AvgIpc) is 2.61. The first-order chi connectivity index (χ1) is 8.83. The summed E-state index contributed by atoms with van der Waals surface area (Å²) in [4.78, 5) is 12.1. The number of fused-ring (bicyclic) bond motifs is 1. The number of esters is 1. The molecule has 0 amide bonds. The Morgan fingerprint density at radius 2 is 2.28 bits per heavy atom. The van der Waals surface area contributed by atoms with Crippen molar-refractivity contribution in [1.82, 2.24) is 5.32 Å². The van der Waals surface area contributed by atoms with Crippen LogP contribution in [0.5, 0.6) is 0 Å². The second-order valence-electron chi connectivity index (χ2n) is 4.73. The van der Waals surface area contributed by atoms with E-state index >= 15 is 0 Å². The lowest BCUT2D eigenvalue weighted by molar-refractivity contribution is -0.145. The molecule has 1 aromatic carbocycles. The lowest BCUT2D eigenvalue weighted by Crippen LogP contribution is -2.27. The number of benzene rings is 1. The predicted octanol–water partition coefficient (Wildman–Crippen LogP) is 2.26. The molecule has 1 aliphatic heterocycles. The van der Waals surface area contributed by atoms with Crippen LogP contribution >= 0.6 is 0 Å². The number of carbonyl (C=O) groups excluding carboxylic acids is 1. The summed E-state index contributed by atoms with van der Waals surface area (Å²) in [5.41, 5.74) is 2.39. The zero-order valence-corrected chi connectivity index (χ0v) is 10.9. The van der Waals surface area contributed by atoms with E-state index in [1.807, 2.05) is 18.2 Å². The van der Waals surface area contributed by atoms with Crippen LogP contribution in [0.1, 0.15) is 36.8 Å². The van der Waals surface area contributed by atoms with Crippen LogP contribution in [0.15, 0.2) is 24.3 Å². The molecule has 1 aromatic rings. The highest BCUT2D eigenvalue weighted by atomic mass is 16.5. The molecule has 0 bridgehead atoms. The lowest BCUT2D eigenvalue weighted by Gasteiger charge is -2.16. The van der Waals surface area contributed by atoms with E-state index in [4.69, 9.17) is 4.74 Å². The van der Waals surface area contributed by atoms with Gasteiger partial charge in [-0.3, -0.25) is 4.79 Å². The SMILES string of the molecule is CCCCOC(=O)C1CNCCc2ccccc21. The van der Waals surface area contributed by atoms with Crippen LogP contribution in [0.25, 0.3) is 0 Å². The van der Waals surface area contributed by atoms with Gasteiger partial charge in [-0.05, 0) is 30.5 Å². The Morgan fingerprint density at radius 1 is 1.44 bits per heavy atom. The van der Waals surface area contributed by atoms with E-state index in [9.17, 15) is 4.79 Å². The summed E-state index contributed by atoms with van der Waals surface area (Å²) < 4.78 is 5.36. The smallest absolute Gasteiger partial charge is 0.314 e. The Balaban J connectivity index is 2.09. The molecule has 1 N–H and O–H groups in total. The second kappa shape index (κ2) is 6.55. The zero-order valence-electron chi connectivity index (χ0n) is 10.9. The van der Waals surface area contributed by atoms with Gasteiger partial charge in [0.15, 0.2) is 0 Å². The summed E-state index contributed by atoms with van der Waals surface area (Å²) >= 11 is 0. The molecule has 0 saturated heterocycles. The fraction of sp³-hybridized carbons (Fsp3) is 0.533. The van der Waals surface area contributed by atoms with Gasteiger partial charge >= 0.3 is 5.97 Å². The molecule has 0 fully saturated rings. The van der Waals surface area contributed by atoms with Gasteiger partial charge in [-0.1, -0.05) is 37.6 Å². The van der Waals surface area contributed by atoms with E-state index in [1.54, 1.807) is 0 Å². The number of unbranched alkanes of at least 4 members (excludes halogenated alkanes) is 1. The maximum Gasteiger partial charge on any atom is 0.314 e. The number of ether oxygens (including phenoxy) is 1. The molecule has 3 heteroatoms. The van der Waals surface area contributed by atoms with Crippen molar-refractivity contribution >= 4 is 5.97 Å². The molecule has 98 valence electrons. The van der Waals surface area contributed by atoms with Crippen molar-refractivity contribution in [3.8, 4) is 0 Å². The first-order valence-electron chi connectivity index (χ1n) is 6.78. The molecule has 1 unspecified atom stereocenters. The third-order valence-corrected chi connectivity index (χ3v) is 3.38. The van der Waals surface area contributed by atoms with Gasteiger partial charge in [-0.2, -0.15) is 0 Å². The summed E-state index contributed by atoms with van der Waals surface area (Å²) in [6.45, 7) is 4.24. The second-order valence-corrected chi connectivity index (χ2v) is 4.73. The standard InChI is InChI=1S/C15H21NO2/c1-2-3-10-18-15(17)14-11-16-9-8-12-6-4-5-7-13(12)14/h4-7,14,16H,2-3,8-11H2,1H3. The van der Waals surface area contributed by atoms with Gasteiger partial charge in [-0.15, -0.1) is 0 Å². The monoisotopic (exact) mass is 247 g/mol. The van der Waals surface area contributed by atoms with Crippen LogP contribution in [-0.4, -0.2) is 25.7 Å². The maximum absolute atomic E-state index is 12.1. The van der Waals surface area contributed by atoms with E-state index in [0.29, 0.717) is 13.2 Å². The van der Waals surface area contributed by atoms with Gasteiger partial charge in [0, 0.05) is 6.54 Å². The molecule has 1 aliphatic rings. The van der Waals surface area contributed by atoms with E-state index in [0.717, 1.165) is 31.4 Å². The van der Waals surface area contributed by atoms with Crippen LogP contribution < -0.4 is 5.32 Å². The molecule has 2 rings (SSSR count). The zero-order chi connectivity index (χ0) is 12.8. The average molecular weight is 247 g/mol. The highest BCUT2D eigenvalue weighted by Crippen LogP contribution is 2.23. The van der Waals surface area contributed by atoms with Gasteiger partial charge in [0.1, 0.15) is 0 Å². The van der Waals surface area contributed by atoms with Crippen molar-refractivity contribution in [2.24, 2.45) is 0 Å². The number of hydrogen-bond acceptors (Lipinski definition) is 3. The predicted molar refractivity (Wildman–Crippen MR) is 71.6 cm³/mol. The summed E-state index contributed by atoms with van der Waals surface area (Å²) in [5.74, 6) is -0.245. The number of rotatable bonds is 4. The quantitative estimate of drug-likeness (QED) is 0.655. The molecule has 0 aromatic heterocycles. The molecular formula is C15H21NO2. The Bertz CT molecular complexity index is 403. The van der Waals surface area contributed by atoms with Gasteiger partial charge in [0.25, 0.3) is 0 Å². The van der Waals surface area contributed by atoms with Crippen molar-refractivity contribution in [2.45, 2.75) is 32.1 Å². The molecule has 0 aliphatic carbocycles. The van der Waals surface area contributed by atoms with Crippen LogP contribution in [0.2, 0.25) is 0 Å². The van der Waals surface area contributed by atoms with Crippen LogP contribution in [-0.2, 0) is 16.0 Å². The first kappa shape index (κ1) is 13.1. The highest BCUT2D eigenvalue weighted by molar-refractivity contribution is 5.79. The molecule has 0 radical (unpaired) electrons. The molecule has 3 nitrogen and oxygen atoms in total. The minimum atomic E-state index is -0.152. The van der Waals surface area contributed by atoms with Crippen molar-refractivity contribution in [1.29, 1.82) is 0 Å². The normalized spacial score (nSPS) is 18.8. The highest BCUT2D eigenvalue weighted by Gasteiger charge is 2.25. The van der Waals surface area contributed by atoms with Crippen LogP contribution in [0.3, 0.4) is 0 Å². The van der Waals surface area contributed by atoms with Crippen molar-refractivity contribution in [3.05, 3.63) is 35.4 Å². The molecule has 1 atom stereocenters. The van der Waals surface area contributed by atoms with E-state index in [2.05, 4.69) is 18.3 Å². The van der Waals surface area contributed by atoms with Crippen LogP contribution in [0, 0.1) is 0 Å². The van der Waals surface area contributed by atoms with Crippen molar-refractivity contribution in [2.75, 3.05) is 19.7 Å². The van der Waals surface area contributed by atoms with Gasteiger partial charge in [-0.25, -0.2) is 0 Å². The largest absolute Gasteiger partial charge is 0.465 e. The minimum absolute atomic E-state index is 0.0923. The Hall–Kier alpha value is -1.35. The fourth-order valence-corrected chi connectivity index (χ4v) is 2.31. The van der Waals surface area contributed by atoms with E-state index < -0.39 is 0 Å². The molecular weight excluding hydrogens is 226 g/mol. The van der Waals surface area contributed by atoms with Crippen molar-refractivity contribution < 1.29 is 9.53 Å². The Kier molecular flexibility index (Phi) is 4.76. The number of nitrogens with one attached hydrogen (secondary N) is 1. The third kappa shape index (κ3) is 3.10. The Morgan fingerprint density at radius 3 is 3.11 bits per heavy atom. The minimum Gasteiger partial charge on any atom is -0.465 e. The number of hydrogen-bond donors (Lipinski definition) is 1. The Labute approximate surface area is 109 Å². The fourth-order valence-electron chi connectivity index (χ4n) is 2.31. The summed E-state index contributed by atoms with van der Waals surface area (Å²) in [6.07, 6.45) is 2.97. The van der Waals surface area contributed by atoms with Gasteiger partial charge < -0.3 is 10.1 Å². The lowest BCUT2D eigenvalue weighted by atomic mass is 9.94. The summed E-state index contributed by atoms with van der Waals surface area (Å²) in [5, 5.41) is 3.31. The van der Waals surface area contributed by atoms with Gasteiger partial charge in [0.05, 0.1) is 12.5 Å². The maximum atomic E-state index is 12.1. The topological polar surface area (TPSA) is 38.3 Å². The molecule has 0 saturated carbocycles. The van der Waals surface area contributed by atoms with Crippen LogP contribution in [0.4, 0.5) is 0 Å². The molecule has 0 spiro atoms. The number of carbonyl (C=O) groups is 1. The van der Waals surface area contributed by atoms with Crippen molar-refractivity contribution in [3.63, 3.8) is 0 Å². The summed E-state index contributed by atoms with van der Waals surface area (Å²) in [6, 6.07) is 8.18. The van der Waals surface area contributed by atoms with E-state index in [1.165, 1.54) is 5.56 Å². The first-order valence-corrected chi connectivity index (χ1v) is 6.78. The molecule has 18 heavy (non-hydrogen) atoms. The third-order valence-electron chi connectivity index (χ3n) is 3.38. The molecule has 1 heterocycles.